The molecule has 0 aromatic heterocycles. The second-order valence-electron chi connectivity index (χ2n) is 6.33. The first-order valence-corrected chi connectivity index (χ1v) is 8.59. The summed E-state index contributed by atoms with van der Waals surface area (Å²) >= 11 is 0. The SMILES string of the molecule is Cc1ccc(N=Cc2cccc(OCc3ccc([N+](=O)[O-])cc3)c2)c(C)c1. The van der Waals surface area contributed by atoms with E-state index in [1.807, 2.05) is 49.5 Å². The molecule has 0 unspecified atom stereocenters. The lowest BCUT2D eigenvalue weighted by atomic mass is 10.1. The third kappa shape index (κ3) is 5.01. The molecule has 0 spiro atoms. The zero-order valence-corrected chi connectivity index (χ0v) is 15.3. The van der Waals surface area contributed by atoms with Crippen LogP contribution in [0.4, 0.5) is 11.4 Å². The number of rotatable bonds is 6. The number of benzene rings is 3. The van der Waals surface area contributed by atoms with Gasteiger partial charge in [0.2, 0.25) is 0 Å². The first kappa shape index (κ1) is 18.3. The van der Waals surface area contributed by atoms with Gasteiger partial charge in [0.1, 0.15) is 12.4 Å². The summed E-state index contributed by atoms with van der Waals surface area (Å²) in [4.78, 5) is 14.8. The molecule has 3 aromatic carbocycles. The predicted octanol–water partition coefficient (Wildman–Crippen LogP) is 5.54. The highest BCUT2D eigenvalue weighted by Gasteiger charge is 2.04. The van der Waals surface area contributed by atoms with E-state index in [1.165, 1.54) is 17.7 Å². The average Bonchev–Trinajstić information content (AvgIpc) is 2.66. The van der Waals surface area contributed by atoms with Crippen LogP contribution in [0.1, 0.15) is 22.3 Å². The van der Waals surface area contributed by atoms with Crippen LogP contribution in [0, 0.1) is 24.0 Å². The van der Waals surface area contributed by atoms with Gasteiger partial charge in [-0.15, -0.1) is 0 Å². The normalized spacial score (nSPS) is 10.9. The first-order chi connectivity index (χ1) is 13.0. The monoisotopic (exact) mass is 360 g/mol. The topological polar surface area (TPSA) is 64.7 Å². The molecule has 0 radical (unpaired) electrons. The van der Waals surface area contributed by atoms with Crippen LogP contribution in [0.3, 0.4) is 0 Å². The van der Waals surface area contributed by atoms with Gasteiger partial charge < -0.3 is 4.74 Å². The predicted molar refractivity (Wildman–Crippen MR) is 107 cm³/mol. The van der Waals surface area contributed by atoms with Crippen molar-refractivity contribution in [1.29, 1.82) is 0 Å². The van der Waals surface area contributed by atoms with Crippen molar-refractivity contribution in [1.82, 2.24) is 0 Å². The number of non-ortho nitro benzene ring substituents is 1. The first-order valence-electron chi connectivity index (χ1n) is 8.59. The molecule has 0 aliphatic rings. The van der Waals surface area contributed by atoms with Crippen LogP contribution in [0.15, 0.2) is 71.7 Å². The van der Waals surface area contributed by atoms with Gasteiger partial charge in [0, 0.05) is 18.3 Å². The van der Waals surface area contributed by atoms with Gasteiger partial charge in [0.15, 0.2) is 0 Å². The molecule has 0 N–H and O–H groups in total. The Bertz CT molecular complexity index is 979. The second-order valence-corrected chi connectivity index (χ2v) is 6.33. The minimum absolute atomic E-state index is 0.0726. The molecule has 3 aromatic rings. The van der Waals surface area contributed by atoms with E-state index >= 15 is 0 Å². The summed E-state index contributed by atoms with van der Waals surface area (Å²) in [6.07, 6.45) is 1.82. The third-order valence-corrected chi connectivity index (χ3v) is 4.12. The number of hydrogen-bond donors (Lipinski definition) is 0. The van der Waals surface area contributed by atoms with E-state index in [4.69, 9.17) is 4.74 Å². The van der Waals surface area contributed by atoms with E-state index in [0.717, 1.165) is 28.1 Å². The molecule has 0 atom stereocenters. The van der Waals surface area contributed by atoms with Gasteiger partial charge in [-0.25, -0.2) is 0 Å². The molecule has 5 nitrogen and oxygen atoms in total. The summed E-state index contributed by atoms with van der Waals surface area (Å²) in [6, 6.07) is 20.2. The molecule has 0 saturated heterocycles. The molecule has 0 amide bonds. The van der Waals surface area contributed by atoms with Crippen LogP contribution in [0.25, 0.3) is 0 Å². The summed E-state index contributed by atoms with van der Waals surface area (Å²) in [5.41, 5.74) is 5.18. The Morgan fingerprint density at radius 2 is 1.81 bits per heavy atom. The maximum Gasteiger partial charge on any atom is 0.269 e. The number of nitro groups is 1. The fraction of sp³-hybridized carbons (Fsp3) is 0.136. The Labute approximate surface area is 158 Å². The Kier molecular flexibility index (Phi) is 5.61. The summed E-state index contributed by atoms with van der Waals surface area (Å²) in [7, 11) is 0. The van der Waals surface area contributed by atoms with E-state index in [1.54, 1.807) is 12.1 Å². The van der Waals surface area contributed by atoms with Crippen LogP contribution in [-0.4, -0.2) is 11.1 Å². The van der Waals surface area contributed by atoms with Crippen LogP contribution in [-0.2, 0) is 6.61 Å². The lowest BCUT2D eigenvalue weighted by Gasteiger charge is -2.07. The molecule has 27 heavy (non-hydrogen) atoms. The largest absolute Gasteiger partial charge is 0.489 e. The number of ether oxygens (including phenoxy) is 1. The van der Waals surface area contributed by atoms with Crippen LogP contribution >= 0.6 is 0 Å². The molecule has 0 aliphatic carbocycles. The minimum atomic E-state index is -0.413. The standard InChI is InChI=1S/C22H20N2O3/c1-16-6-11-22(17(2)12-16)23-14-19-4-3-5-21(13-19)27-15-18-7-9-20(10-8-18)24(25)26/h3-14H,15H2,1-2H3. The average molecular weight is 360 g/mol. The fourth-order valence-corrected chi connectivity index (χ4v) is 2.66. The molecule has 0 heterocycles. The Morgan fingerprint density at radius 3 is 2.52 bits per heavy atom. The highest BCUT2D eigenvalue weighted by Crippen LogP contribution is 2.20. The molecule has 5 heteroatoms. The lowest BCUT2D eigenvalue weighted by Crippen LogP contribution is -1.96. The van der Waals surface area contributed by atoms with Crippen LogP contribution < -0.4 is 4.74 Å². The molecule has 0 saturated carbocycles. The van der Waals surface area contributed by atoms with E-state index in [9.17, 15) is 10.1 Å². The lowest BCUT2D eigenvalue weighted by molar-refractivity contribution is -0.384. The second kappa shape index (κ2) is 8.27. The molecule has 0 aliphatic heterocycles. The summed E-state index contributed by atoms with van der Waals surface area (Å²) in [5, 5.41) is 10.7. The Hall–Kier alpha value is -3.47. The van der Waals surface area contributed by atoms with Crippen molar-refractivity contribution in [2.45, 2.75) is 20.5 Å². The van der Waals surface area contributed by atoms with E-state index in [-0.39, 0.29) is 5.69 Å². The zero-order chi connectivity index (χ0) is 19.2. The fourth-order valence-electron chi connectivity index (χ4n) is 2.66. The van der Waals surface area contributed by atoms with Crippen LogP contribution in [0.2, 0.25) is 0 Å². The third-order valence-electron chi connectivity index (χ3n) is 4.12. The van der Waals surface area contributed by atoms with Crippen molar-refractivity contribution in [3.63, 3.8) is 0 Å². The van der Waals surface area contributed by atoms with Crippen molar-refractivity contribution in [3.05, 3.63) is 99.1 Å². The number of nitrogens with zero attached hydrogens (tertiary/aromatic N) is 2. The quantitative estimate of drug-likeness (QED) is 0.329. The van der Waals surface area contributed by atoms with Gasteiger partial charge >= 0.3 is 0 Å². The molecular formula is C22H20N2O3. The Morgan fingerprint density at radius 1 is 1.04 bits per heavy atom. The van der Waals surface area contributed by atoms with Crippen LogP contribution in [0.5, 0.6) is 5.75 Å². The highest BCUT2D eigenvalue weighted by molar-refractivity contribution is 5.82. The molecule has 136 valence electrons. The zero-order valence-electron chi connectivity index (χ0n) is 15.3. The summed E-state index contributed by atoms with van der Waals surface area (Å²) < 4.78 is 5.79. The van der Waals surface area contributed by atoms with Crippen molar-refractivity contribution in [2.75, 3.05) is 0 Å². The smallest absolute Gasteiger partial charge is 0.269 e. The number of aryl methyl sites for hydroxylation is 2. The molecule has 0 fully saturated rings. The van der Waals surface area contributed by atoms with Crippen molar-refractivity contribution >= 4 is 17.6 Å². The van der Waals surface area contributed by atoms with Gasteiger partial charge in [-0.1, -0.05) is 29.8 Å². The van der Waals surface area contributed by atoms with Crippen molar-refractivity contribution in [2.24, 2.45) is 4.99 Å². The number of nitro benzene ring substituents is 1. The Balaban J connectivity index is 1.66. The molecule has 0 bridgehead atoms. The van der Waals surface area contributed by atoms with Gasteiger partial charge in [0.05, 0.1) is 10.6 Å². The van der Waals surface area contributed by atoms with E-state index in [0.29, 0.717) is 6.61 Å². The number of aliphatic imine (C=N–C) groups is 1. The summed E-state index contributed by atoms with van der Waals surface area (Å²) in [5.74, 6) is 0.720. The van der Waals surface area contributed by atoms with Gasteiger partial charge in [0.25, 0.3) is 5.69 Å². The number of hydrogen-bond acceptors (Lipinski definition) is 4. The maximum absolute atomic E-state index is 10.7. The maximum atomic E-state index is 10.7. The van der Waals surface area contributed by atoms with Gasteiger partial charge in [-0.2, -0.15) is 0 Å². The molecule has 3 rings (SSSR count). The minimum Gasteiger partial charge on any atom is -0.489 e. The van der Waals surface area contributed by atoms with E-state index in [2.05, 4.69) is 18.0 Å². The molecular weight excluding hydrogens is 340 g/mol. The van der Waals surface area contributed by atoms with Crippen molar-refractivity contribution < 1.29 is 9.66 Å². The van der Waals surface area contributed by atoms with Gasteiger partial charge in [-0.05, 0) is 60.9 Å². The van der Waals surface area contributed by atoms with Crippen molar-refractivity contribution in [3.8, 4) is 5.75 Å². The highest BCUT2D eigenvalue weighted by atomic mass is 16.6. The van der Waals surface area contributed by atoms with Gasteiger partial charge in [-0.3, -0.25) is 15.1 Å². The summed E-state index contributed by atoms with van der Waals surface area (Å²) in [6.45, 7) is 4.45. The van der Waals surface area contributed by atoms with E-state index < -0.39 is 4.92 Å².